The van der Waals surface area contributed by atoms with Crippen LogP contribution in [0.3, 0.4) is 0 Å². The highest BCUT2D eigenvalue weighted by molar-refractivity contribution is 5.98. The molecule has 0 unspecified atom stereocenters. The highest BCUT2D eigenvalue weighted by Crippen LogP contribution is 2.24. The number of carbonyl (C=O) groups is 2. The molecular formula is C19H19N3O5. The average Bonchev–Trinajstić information content (AvgIpc) is 2.68. The van der Waals surface area contributed by atoms with E-state index in [0.717, 1.165) is 0 Å². The molecule has 8 heteroatoms. The second-order valence-corrected chi connectivity index (χ2v) is 6.41. The molecule has 0 bridgehead atoms. The molecule has 1 aliphatic rings. The number of benzene rings is 2. The first-order chi connectivity index (χ1) is 12.9. The number of carbonyl (C=O) groups excluding carboxylic acids is 2. The maximum atomic E-state index is 12.5. The number of aromatic hydroxyl groups is 1. The second kappa shape index (κ2) is 7.86. The number of nitro groups is 1. The number of amides is 2. The van der Waals surface area contributed by atoms with E-state index in [1.807, 2.05) is 0 Å². The Hall–Kier alpha value is -3.42. The predicted molar refractivity (Wildman–Crippen MR) is 98.8 cm³/mol. The Labute approximate surface area is 155 Å². The van der Waals surface area contributed by atoms with E-state index < -0.39 is 4.92 Å². The molecule has 2 aromatic rings. The van der Waals surface area contributed by atoms with Crippen LogP contribution in [0.5, 0.6) is 5.75 Å². The lowest BCUT2D eigenvalue weighted by molar-refractivity contribution is -0.384. The number of likely N-dealkylation sites (tertiary alicyclic amines) is 1. The third-order valence-corrected chi connectivity index (χ3v) is 4.61. The highest BCUT2D eigenvalue weighted by atomic mass is 16.6. The van der Waals surface area contributed by atoms with E-state index in [1.165, 1.54) is 30.3 Å². The summed E-state index contributed by atoms with van der Waals surface area (Å²) in [4.78, 5) is 36.8. The molecule has 27 heavy (non-hydrogen) atoms. The zero-order chi connectivity index (χ0) is 19.4. The van der Waals surface area contributed by atoms with Gasteiger partial charge >= 0.3 is 6.03 Å². The molecule has 0 aromatic heterocycles. The molecule has 2 N–H and O–H groups in total. The Balaban J connectivity index is 1.56. The lowest BCUT2D eigenvalue weighted by Gasteiger charge is -2.31. The fourth-order valence-electron chi connectivity index (χ4n) is 3.11. The predicted octanol–water partition coefficient (Wildman–Crippen LogP) is 3.43. The van der Waals surface area contributed by atoms with Crippen molar-refractivity contribution in [1.82, 2.24) is 4.90 Å². The van der Waals surface area contributed by atoms with Gasteiger partial charge in [-0.15, -0.1) is 0 Å². The normalized spacial score (nSPS) is 14.6. The van der Waals surface area contributed by atoms with Crippen molar-refractivity contribution in [2.24, 2.45) is 5.92 Å². The summed E-state index contributed by atoms with van der Waals surface area (Å²) in [5.41, 5.74) is 0.815. The number of nitrogens with one attached hydrogen (secondary N) is 1. The smallest absolute Gasteiger partial charge is 0.321 e. The molecule has 1 fully saturated rings. The van der Waals surface area contributed by atoms with Crippen LogP contribution < -0.4 is 5.32 Å². The zero-order valence-corrected chi connectivity index (χ0v) is 14.5. The van der Waals surface area contributed by atoms with Gasteiger partial charge < -0.3 is 15.3 Å². The van der Waals surface area contributed by atoms with Crippen LogP contribution in [0.1, 0.15) is 23.2 Å². The van der Waals surface area contributed by atoms with Crippen molar-refractivity contribution in [1.29, 1.82) is 0 Å². The van der Waals surface area contributed by atoms with Crippen LogP contribution in [0, 0.1) is 16.0 Å². The zero-order valence-electron chi connectivity index (χ0n) is 14.5. The minimum atomic E-state index is -0.518. The van der Waals surface area contributed by atoms with Crippen LogP contribution >= 0.6 is 0 Å². The number of urea groups is 1. The van der Waals surface area contributed by atoms with Crippen molar-refractivity contribution >= 4 is 23.2 Å². The van der Waals surface area contributed by atoms with Crippen LogP contribution in [-0.2, 0) is 0 Å². The number of Topliss-reactive ketones (excluding diaryl/α,β-unsaturated/α-hetero) is 1. The summed E-state index contributed by atoms with van der Waals surface area (Å²) in [7, 11) is 0. The van der Waals surface area contributed by atoms with E-state index in [1.54, 1.807) is 23.1 Å². The third-order valence-electron chi connectivity index (χ3n) is 4.61. The summed E-state index contributed by atoms with van der Waals surface area (Å²) in [6.45, 7) is 0.852. The first kappa shape index (κ1) is 18.4. The van der Waals surface area contributed by atoms with Crippen molar-refractivity contribution in [2.75, 3.05) is 18.4 Å². The number of anilines is 1. The Kier molecular flexibility index (Phi) is 5.35. The highest BCUT2D eigenvalue weighted by Gasteiger charge is 2.28. The molecule has 0 radical (unpaired) electrons. The second-order valence-electron chi connectivity index (χ2n) is 6.41. The molecule has 3 rings (SSSR count). The average molecular weight is 369 g/mol. The van der Waals surface area contributed by atoms with E-state index in [9.17, 15) is 24.8 Å². The van der Waals surface area contributed by atoms with E-state index >= 15 is 0 Å². The van der Waals surface area contributed by atoms with Gasteiger partial charge in [0, 0.05) is 42.4 Å². The molecule has 1 saturated heterocycles. The van der Waals surface area contributed by atoms with Crippen molar-refractivity contribution in [2.45, 2.75) is 12.8 Å². The molecule has 0 saturated carbocycles. The topological polar surface area (TPSA) is 113 Å². The van der Waals surface area contributed by atoms with E-state index in [2.05, 4.69) is 5.32 Å². The number of piperidine rings is 1. The molecule has 2 amide bonds. The minimum Gasteiger partial charge on any atom is -0.508 e. The number of phenols is 1. The molecule has 0 atom stereocenters. The van der Waals surface area contributed by atoms with Gasteiger partial charge in [-0.1, -0.05) is 6.07 Å². The number of non-ortho nitro benzene ring substituents is 1. The monoisotopic (exact) mass is 369 g/mol. The van der Waals surface area contributed by atoms with Crippen molar-refractivity contribution in [3.8, 4) is 5.75 Å². The van der Waals surface area contributed by atoms with E-state index in [0.29, 0.717) is 37.2 Å². The summed E-state index contributed by atoms with van der Waals surface area (Å²) < 4.78 is 0. The first-order valence-corrected chi connectivity index (χ1v) is 8.57. The van der Waals surface area contributed by atoms with Gasteiger partial charge in [-0.2, -0.15) is 0 Å². The van der Waals surface area contributed by atoms with Crippen LogP contribution in [0.2, 0.25) is 0 Å². The lowest BCUT2D eigenvalue weighted by atomic mass is 9.89. The van der Waals surface area contributed by atoms with Gasteiger partial charge in [-0.3, -0.25) is 14.9 Å². The molecule has 8 nitrogen and oxygen atoms in total. The molecule has 140 valence electrons. The Morgan fingerprint density at radius 3 is 2.41 bits per heavy atom. The SMILES string of the molecule is O=C(c1ccc(O)cc1)C1CCN(C(=O)Nc2cccc([N+](=O)[O-])c2)CC1. The third kappa shape index (κ3) is 4.41. The Bertz CT molecular complexity index is 858. The molecule has 0 spiro atoms. The summed E-state index contributed by atoms with van der Waals surface area (Å²) in [6.07, 6.45) is 1.09. The van der Waals surface area contributed by atoms with Crippen LogP contribution in [0.4, 0.5) is 16.2 Å². The molecule has 0 aliphatic carbocycles. The molecular weight excluding hydrogens is 350 g/mol. The lowest BCUT2D eigenvalue weighted by Crippen LogP contribution is -2.42. The van der Waals surface area contributed by atoms with E-state index in [4.69, 9.17) is 0 Å². The Morgan fingerprint density at radius 1 is 1.11 bits per heavy atom. The van der Waals surface area contributed by atoms with Gasteiger partial charge in [-0.25, -0.2) is 4.79 Å². The number of nitrogens with zero attached hydrogens (tertiary/aromatic N) is 2. The molecule has 1 heterocycles. The summed E-state index contributed by atoms with van der Waals surface area (Å²) in [5, 5.41) is 22.8. The van der Waals surface area contributed by atoms with Crippen molar-refractivity contribution < 1.29 is 19.6 Å². The van der Waals surface area contributed by atoms with Crippen molar-refractivity contribution in [3.63, 3.8) is 0 Å². The van der Waals surface area contributed by atoms with E-state index in [-0.39, 0.29) is 29.2 Å². The quantitative estimate of drug-likeness (QED) is 0.487. The fraction of sp³-hybridized carbons (Fsp3) is 0.263. The van der Waals surface area contributed by atoms with Gasteiger partial charge in [0.25, 0.3) is 5.69 Å². The first-order valence-electron chi connectivity index (χ1n) is 8.57. The largest absolute Gasteiger partial charge is 0.508 e. The minimum absolute atomic E-state index is 0.00809. The number of rotatable bonds is 4. The van der Waals surface area contributed by atoms with Gasteiger partial charge in [0.05, 0.1) is 4.92 Å². The van der Waals surface area contributed by atoms with Crippen LogP contribution in [-0.4, -0.2) is 39.8 Å². The van der Waals surface area contributed by atoms with Crippen molar-refractivity contribution in [3.05, 3.63) is 64.2 Å². The maximum absolute atomic E-state index is 12.5. The standard InChI is InChI=1S/C19H19N3O5/c23-17-6-4-13(5-7-17)18(24)14-8-10-21(11-9-14)19(25)20-15-2-1-3-16(12-15)22(26)27/h1-7,12,14,23H,8-11H2,(H,20,25). The Morgan fingerprint density at radius 2 is 1.78 bits per heavy atom. The number of phenolic OH excluding ortho intramolecular Hbond substituents is 1. The van der Waals surface area contributed by atoms with Crippen LogP contribution in [0.25, 0.3) is 0 Å². The number of hydrogen-bond acceptors (Lipinski definition) is 5. The fourth-order valence-corrected chi connectivity index (χ4v) is 3.11. The van der Waals surface area contributed by atoms with Gasteiger partial charge in [0.15, 0.2) is 5.78 Å². The van der Waals surface area contributed by atoms with Gasteiger partial charge in [0.1, 0.15) is 5.75 Å². The summed E-state index contributed by atoms with van der Waals surface area (Å²) >= 11 is 0. The summed E-state index contributed by atoms with van der Waals surface area (Å²) in [6, 6.07) is 11.6. The number of ketones is 1. The van der Waals surface area contributed by atoms with Crippen LogP contribution in [0.15, 0.2) is 48.5 Å². The van der Waals surface area contributed by atoms with Gasteiger partial charge in [0.2, 0.25) is 0 Å². The maximum Gasteiger partial charge on any atom is 0.321 e. The molecule has 1 aliphatic heterocycles. The number of nitro benzene ring substituents is 1. The van der Waals surface area contributed by atoms with Gasteiger partial charge in [-0.05, 0) is 43.2 Å². The summed E-state index contributed by atoms with van der Waals surface area (Å²) in [5.74, 6) is -0.0515. The molecule has 2 aromatic carbocycles. The number of hydrogen-bond donors (Lipinski definition) is 2.